The summed E-state index contributed by atoms with van der Waals surface area (Å²) in [5, 5.41) is 0. The molecule has 1 aliphatic carbocycles. The SMILES string of the molecule is COc1ccc(Br)c(C)c1C1(N=C=O)CC1. The van der Waals surface area contributed by atoms with Gasteiger partial charge in [-0.25, -0.2) is 4.79 Å². The molecule has 0 aromatic heterocycles. The molecular weight excluding hydrogens is 270 g/mol. The second kappa shape index (κ2) is 4.04. The predicted octanol–water partition coefficient (Wildman–Crippen LogP) is 3.09. The Labute approximate surface area is 103 Å². The van der Waals surface area contributed by atoms with Gasteiger partial charge in [-0.3, -0.25) is 0 Å². The monoisotopic (exact) mass is 281 g/mol. The second-order valence-corrected chi connectivity index (χ2v) is 4.84. The van der Waals surface area contributed by atoms with Crippen molar-refractivity contribution in [2.75, 3.05) is 7.11 Å². The Morgan fingerprint density at radius 3 is 2.69 bits per heavy atom. The van der Waals surface area contributed by atoms with Crippen LogP contribution in [0, 0.1) is 6.92 Å². The van der Waals surface area contributed by atoms with Crippen LogP contribution in [0.5, 0.6) is 5.75 Å². The highest BCUT2D eigenvalue weighted by molar-refractivity contribution is 9.10. The van der Waals surface area contributed by atoms with E-state index in [9.17, 15) is 4.79 Å². The van der Waals surface area contributed by atoms with Gasteiger partial charge in [-0.05, 0) is 37.5 Å². The fourth-order valence-corrected chi connectivity index (χ4v) is 2.36. The van der Waals surface area contributed by atoms with Crippen LogP contribution >= 0.6 is 15.9 Å². The van der Waals surface area contributed by atoms with Crippen LogP contribution in [0.4, 0.5) is 0 Å². The van der Waals surface area contributed by atoms with Crippen molar-refractivity contribution in [2.24, 2.45) is 4.99 Å². The fourth-order valence-electron chi connectivity index (χ4n) is 2.03. The van der Waals surface area contributed by atoms with E-state index in [2.05, 4.69) is 20.9 Å². The number of aliphatic imine (C=N–C) groups is 1. The summed E-state index contributed by atoms with van der Waals surface area (Å²) < 4.78 is 6.35. The first-order valence-electron chi connectivity index (χ1n) is 5.07. The molecule has 0 aliphatic heterocycles. The smallest absolute Gasteiger partial charge is 0.235 e. The molecule has 0 radical (unpaired) electrons. The van der Waals surface area contributed by atoms with E-state index >= 15 is 0 Å². The average Bonchev–Trinajstić information content (AvgIpc) is 3.03. The fraction of sp³-hybridized carbons (Fsp3) is 0.417. The molecule has 0 unspecified atom stereocenters. The summed E-state index contributed by atoms with van der Waals surface area (Å²) in [6.45, 7) is 2.00. The van der Waals surface area contributed by atoms with Gasteiger partial charge in [-0.1, -0.05) is 15.9 Å². The molecule has 16 heavy (non-hydrogen) atoms. The standard InChI is InChI=1S/C12H12BrNO2/c1-8-9(13)3-4-10(16-2)11(8)12(5-6-12)14-7-15/h3-4H,5-6H2,1-2H3. The van der Waals surface area contributed by atoms with E-state index in [-0.39, 0.29) is 5.54 Å². The van der Waals surface area contributed by atoms with Gasteiger partial charge in [0.25, 0.3) is 0 Å². The summed E-state index contributed by atoms with van der Waals surface area (Å²) in [5.74, 6) is 0.789. The van der Waals surface area contributed by atoms with Gasteiger partial charge in [0.05, 0.1) is 7.11 Å². The molecule has 2 rings (SSSR count). The Hall–Kier alpha value is -1.12. The van der Waals surface area contributed by atoms with Crippen molar-refractivity contribution in [3.05, 3.63) is 27.7 Å². The summed E-state index contributed by atoms with van der Waals surface area (Å²) in [6, 6.07) is 3.84. The Kier molecular flexibility index (Phi) is 2.87. The first kappa shape index (κ1) is 11.4. The molecule has 1 aromatic rings. The number of carbonyl (C=O) groups excluding carboxylic acids is 1. The van der Waals surface area contributed by atoms with E-state index < -0.39 is 0 Å². The van der Waals surface area contributed by atoms with Crippen molar-refractivity contribution >= 4 is 22.0 Å². The van der Waals surface area contributed by atoms with Gasteiger partial charge in [0.15, 0.2) is 0 Å². The minimum Gasteiger partial charge on any atom is -0.496 e. The summed E-state index contributed by atoms with van der Waals surface area (Å²) in [7, 11) is 1.63. The molecule has 4 heteroatoms. The molecule has 1 aliphatic rings. The molecule has 1 aromatic carbocycles. The van der Waals surface area contributed by atoms with Crippen molar-refractivity contribution in [2.45, 2.75) is 25.3 Å². The van der Waals surface area contributed by atoms with Crippen LogP contribution < -0.4 is 4.74 Å². The van der Waals surface area contributed by atoms with E-state index in [4.69, 9.17) is 4.74 Å². The molecule has 84 valence electrons. The zero-order valence-electron chi connectivity index (χ0n) is 9.21. The minimum atomic E-state index is -0.388. The highest BCUT2D eigenvalue weighted by Crippen LogP contribution is 2.54. The minimum absolute atomic E-state index is 0.388. The van der Waals surface area contributed by atoms with Gasteiger partial charge < -0.3 is 4.74 Å². The van der Waals surface area contributed by atoms with Gasteiger partial charge in [-0.15, -0.1) is 0 Å². The number of isocyanates is 1. The molecule has 0 amide bonds. The lowest BCUT2D eigenvalue weighted by molar-refractivity contribution is 0.403. The molecular formula is C12H12BrNO2. The largest absolute Gasteiger partial charge is 0.496 e. The van der Waals surface area contributed by atoms with Crippen molar-refractivity contribution in [3.8, 4) is 5.75 Å². The Morgan fingerprint density at radius 1 is 1.50 bits per heavy atom. The zero-order valence-corrected chi connectivity index (χ0v) is 10.8. The van der Waals surface area contributed by atoms with Gasteiger partial charge in [0.1, 0.15) is 11.3 Å². The van der Waals surface area contributed by atoms with Crippen LogP contribution in [0.15, 0.2) is 21.6 Å². The molecule has 0 atom stereocenters. The van der Waals surface area contributed by atoms with E-state index in [0.717, 1.165) is 34.2 Å². The summed E-state index contributed by atoms with van der Waals surface area (Å²) in [5.41, 5.74) is 1.70. The molecule has 1 saturated carbocycles. The van der Waals surface area contributed by atoms with Gasteiger partial charge in [-0.2, -0.15) is 4.99 Å². The number of ether oxygens (including phenoxy) is 1. The number of hydrogen-bond acceptors (Lipinski definition) is 3. The first-order chi connectivity index (χ1) is 7.64. The van der Waals surface area contributed by atoms with E-state index in [0.29, 0.717) is 0 Å². The van der Waals surface area contributed by atoms with Gasteiger partial charge in [0, 0.05) is 10.0 Å². The number of hydrogen-bond donors (Lipinski definition) is 0. The highest BCUT2D eigenvalue weighted by atomic mass is 79.9. The third-order valence-corrected chi connectivity index (χ3v) is 3.89. The van der Waals surface area contributed by atoms with Crippen LogP contribution in [-0.2, 0) is 10.3 Å². The number of methoxy groups -OCH3 is 1. The second-order valence-electron chi connectivity index (χ2n) is 3.98. The molecule has 0 saturated heterocycles. The average molecular weight is 282 g/mol. The first-order valence-corrected chi connectivity index (χ1v) is 5.86. The quantitative estimate of drug-likeness (QED) is 0.631. The van der Waals surface area contributed by atoms with Crippen molar-refractivity contribution in [3.63, 3.8) is 0 Å². The van der Waals surface area contributed by atoms with Crippen molar-refractivity contribution in [1.29, 1.82) is 0 Å². The number of benzene rings is 1. The summed E-state index contributed by atoms with van der Waals surface area (Å²) in [6.07, 6.45) is 3.44. The van der Waals surface area contributed by atoms with Crippen molar-refractivity contribution in [1.82, 2.24) is 0 Å². The summed E-state index contributed by atoms with van der Waals surface area (Å²) >= 11 is 3.48. The molecule has 0 spiro atoms. The topological polar surface area (TPSA) is 38.7 Å². The van der Waals surface area contributed by atoms with Gasteiger partial charge >= 0.3 is 0 Å². The van der Waals surface area contributed by atoms with Crippen LogP contribution in [0.3, 0.4) is 0 Å². The third kappa shape index (κ3) is 1.68. The normalized spacial score (nSPS) is 16.4. The molecule has 0 N–H and O–H groups in total. The summed E-state index contributed by atoms with van der Waals surface area (Å²) in [4.78, 5) is 14.4. The lowest BCUT2D eigenvalue weighted by atomic mass is 9.98. The highest BCUT2D eigenvalue weighted by Gasteiger charge is 2.48. The third-order valence-electron chi connectivity index (χ3n) is 3.03. The Balaban J connectivity index is 2.62. The lowest BCUT2D eigenvalue weighted by Gasteiger charge is -2.17. The molecule has 3 nitrogen and oxygen atoms in total. The lowest BCUT2D eigenvalue weighted by Crippen LogP contribution is -2.08. The van der Waals surface area contributed by atoms with E-state index in [1.54, 1.807) is 13.2 Å². The molecule has 0 bridgehead atoms. The zero-order chi connectivity index (χ0) is 11.8. The maximum Gasteiger partial charge on any atom is 0.235 e. The van der Waals surface area contributed by atoms with Gasteiger partial charge in [0.2, 0.25) is 6.08 Å². The maximum absolute atomic E-state index is 10.5. The van der Waals surface area contributed by atoms with Crippen LogP contribution in [0.1, 0.15) is 24.0 Å². The Bertz CT molecular complexity index is 474. The van der Waals surface area contributed by atoms with Crippen molar-refractivity contribution < 1.29 is 9.53 Å². The molecule has 0 heterocycles. The van der Waals surface area contributed by atoms with E-state index in [1.165, 1.54) is 0 Å². The Morgan fingerprint density at radius 2 is 2.19 bits per heavy atom. The van der Waals surface area contributed by atoms with Crippen LogP contribution in [0.25, 0.3) is 0 Å². The number of nitrogens with zero attached hydrogens (tertiary/aromatic N) is 1. The maximum atomic E-state index is 10.5. The van der Waals surface area contributed by atoms with Crippen LogP contribution in [-0.4, -0.2) is 13.2 Å². The predicted molar refractivity (Wildman–Crippen MR) is 64.5 cm³/mol. The van der Waals surface area contributed by atoms with E-state index in [1.807, 2.05) is 19.1 Å². The molecule has 1 fully saturated rings. The number of rotatable bonds is 3. The number of halogens is 1. The van der Waals surface area contributed by atoms with Crippen LogP contribution in [0.2, 0.25) is 0 Å².